The molecule has 0 aromatic heterocycles. The van der Waals surface area contributed by atoms with Gasteiger partial charge in [-0.3, -0.25) is 9.69 Å². The second-order valence-corrected chi connectivity index (χ2v) is 9.54. The van der Waals surface area contributed by atoms with E-state index in [2.05, 4.69) is 4.90 Å². The van der Waals surface area contributed by atoms with Crippen LogP contribution < -0.4 is 0 Å². The number of hydrogen-bond donors (Lipinski definition) is 0. The monoisotopic (exact) mass is 328 g/mol. The molecule has 2 heterocycles. The Bertz CT molecular complexity index is 513. The van der Waals surface area contributed by atoms with Gasteiger partial charge in [-0.25, -0.2) is 8.42 Å². The van der Waals surface area contributed by atoms with Gasteiger partial charge in [-0.2, -0.15) is 0 Å². The van der Waals surface area contributed by atoms with E-state index in [0.29, 0.717) is 24.9 Å². The summed E-state index contributed by atoms with van der Waals surface area (Å²) in [6, 6.07) is 0.456. The van der Waals surface area contributed by atoms with E-state index in [0.717, 1.165) is 19.4 Å². The highest BCUT2D eigenvalue weighted by Gasteiger charge is 2.37. The van der Waals surface area contributed by atoms with E-state index in [-0.39, 0.29) is 23.5 Å². The SMILES string of the molecule is CN(CC(=O)N1CCCC1C1CCCC1)C1CCS(=O)(=O)C1. The molecule has 0 radical (unpaired) electrons. The minimum Gasteiger partial charge on any atom is -0.338 e. The van der Waals surface area contributed by atoms with Crippen molar-refractivity contribution in [3.8, 4) is 0 Å². The first-order valence-corrected chi connectivity index (χ1v) is 10.5. The van der Waals surface area contributed by atoms with E-state index < -0.39 is 9.84 Å². The molecular weight excluding hydrogens is 300 g/mol. The molecule has 2 atom stereocenters. The molecule has 1 aliphatic carbocycles. The first-order chi connectivity index (χ1) is 10.5. The lowest BCUT2D eigenvalue weighted by Crippen LogP contribution is -2.46. The fraction of sp³-hybridized carbons (Fsp3) is 0.938. The average Bonchev–Trinajstić information content (AvgIpc) is 3.17. The Morgan fingerprint density at radius 1 is 1.14 bits per heavy atom. The van der Waals surface area contributed by atoms with Crippen molar-refractivity contribution in [2.75, 3.05) is 31.6 Å². The fourth-order valence-corrected chi connectivity index (χ4v) is 6.30. The molecule has 3 fully saturated rings. The van der Waals surface area contributed by atoms with Gasteiger partial charge in [-0.05, 0) is 45.1 Å². The third-order valence-electron chi connectivity index (χ3n) is 5.78. The van der Waals surface area contributed by atoms with Crippen molar-refractivity contribution in [1.29, 1.82) is 0 Å². The maximum atomic E-state index is 12.7. The molecule has 2 aliphatic heterocycles. The summed E-state index contributed by atoms with van der Waals surface area (Å²) in [4.78, 5) is 16.7. The van der Waals surface area contributed by atoms with Crippen LogP contribution in [-0.4, -0.2) is 67.9 Å². The van der Waals surface area contributed by atoms with Crippen LogP contribution in [0.15, 0.2) is 0 Å². The van der Waals surface area contributed by atoms with Crippen LogP contribution in [0, 0.1) is 5.92 Å². The summed E-state index contributed by atoms with van der Waals surface area (Å²) >= 11 is 0. The zero-order valence-electron chi connectivity index (χ0n) is 13.5. The van der Waals surface area contributed by atoms with E-state index in [1.54, 1.807) is 0 Å². The van der Waals surface area contributed by atoms with Gasteiger partial charge in [0.15, 0.2) is 9.84 Å². The van der Waals surface area contributed by atoms with Gasteiger partial charge >= 0.3 is 0 Å². The van der Waals surface area contributed by atoms with Gasteiger partial charge in [0.2, 0.25) is 5.91 Å². The van der Waals surface area contributed by atoms with Crippen molar-refractivity contribution < 1.29 is 13.2 Å². The maximum Gasteiger partial charge on any atom is 0.237 e. The lowest BCUT2D eigenvalue weighted by molar-refractivity contribution is -0.134. The Hall–Kier alpha value is -0.620. The third-order valence-corrected chi connectivity index (χ3v) is 7.53. The molecule has 22 heavy (non-hydrogen) atoms. The molecular formula is C16H28N2O3S. The summed E-state index contributed by atoms with van der Waals surface area (Å²) in [5.74, 6) is 1.37. The van der Waals surface area contributed by atoms with Crippen molar-refractivity contribution in [1.82, 2.24) is 9.80 Å². The molecule has 5 nitrogen and oxygen atoms in total. The zero-order chi connectivity index (χ0) is 15.7. The van der Waals surface area contributed by atoms with Gasteiger partial charge < -0.3 is 4.90 Å². The number of amides is 1. The molecule has 6 heteroatoms. The maximum absolute atomic E-state index is 12.7. The Morgan fingerprint density at radius 2 is 1.86 bits per heavy atom. The van der Waals surface area contributed by atoms with Crippen molar-refractivity contribution in [2.24, 2.45) is 5.92 Å². The Labute approximate surface area is 134 Å². The van der Waals surface area contributed by atoms with Gasteiger partial charge in [-0.1, -0.05) is 12.8 Å². The van der Waals surface area contributed by atoms with E-state index in [1.165, 1.54) is 25.7 Å². The van der Waals surface area contributed by atoms with Crippen molar-refractivity contribution in [3.05, 3.63) is 0 Å². The summed E-state index contributed by atoms with van der Waals surface area (Å²) < 4.78 is 23.2. The van der Waals surface area contributed by atoms with E-state index in [9.17, 15) is 13.2 Å². The smallest absolute Gasteiger partial charge is 0.237 e. The second-order valence-electron chi connectivity index (χ2n) is 7.31. The molecule has 3 aliphatic rings. The summed E-state index contributed by atoms with van der Waals surface area (Å²) in [5, 5.41) is 0. The fourth-order valence-electron chi connectivity index (χ4n) is 4.49. The Morgan fingerprint density at radius 3 is 2.50 bits per heavy atom. The molecule has 0 N–H and O–H groups in total. The van der Waals surface area contributed by atoms with Crippen LogP contribution in [0.5, 0.6) is 0 Å². The van der Waals surface area contributed by atoms with Crippen LogP contribution in [0.2, 0.25) is 0 Å². The number of carbonyl (C=O) groups excluding carboxylic acids is 1. The van der Waals surface area contributed by atoms with Gasteiger partial charge in [0.05, 0.1) is 18.1 Å². The van der Waals surface area contributed by atoms with Gasteiger partial charge in [0.25, 0.3) is 0 Å². The number of sulfone groups is 1. The molecule has 126 valence electrons. The molecule has 2 saturated heterocycles. The number of carbonyl (C=O) groups is 1. The molecule has 0 bridgehead atoms. The first kappa shape index (κ1) is 16.2. The Kier molecular flexibility index (Phi) is 4.78. The van der Waals surface area contributed by atoms with Crippen LogP contribution in [0.4, 0.5) is 0 Å². The largest absolute Gasteiger partial charge is 0.338 e. The third kappa shape index (κ3) is 3.48. The molecule has 3 rings (SSSR count). The first-order valence-electron chi connectivity index (χ1n) is 8.66. The second kappa shape index (κ2) is 6.48. The van der Waals surface area contributed by atoms with Crippen molar-refractivity contribution >= 4 is 15.7 Å². The minimum absolute atomic E-state index is 0.0153. The molecule has 0 aromatic carbocycles. The number of rotatable bonds is 4. The van der Waals surface area contributed by atoms with Crippen LogP contribution in [0.3, 0.4) is 0 Å². The molecule has 1 saturated carbocycles. The normalized spacial score (nSPS) is 32.2. The van der Waals surface area contributed by atoms with Gasteiger partial charge in [-0.15, -0.1) is 0 Å². The number of hydrogen-bond acceptors (Lipinski definition) is 4. The van der Waals surface area contributed by atoms with Crippen LogP contribution in [0.1, 0.15) is 44.9 Å². The van der Waals surface area contributed by atoms with Gasteiger partial charge in [0.1, 0.15) is 0 Å². The summed E-state index contributed by atoms with van der Waals surface area (Å²) in [7, 11) is -0.993. The van der Waals surface area contributed by atoms with Gasteiger partial charge in [0, 0.05) is 18.6 Å². The lowest BCUT2D eigenvalue weighted by Gasteiger charge is -2.32. The van der Waals surface area contributed by atoms with Crippen LogP contribution in [-0.2, 0) is 14.6 Å². The molecule has 2 unspecified atom stereocenters. The molecule has 1 amide bonds. The zero-order valence-corrected chi connectivity index (χ0v) is 14.4. The highest BCUT2D eigenvalue weighted by atomic mass is 32.2. The quantitative estimate of drug-likeness (QED) is 0.780. The predicted molar refractivity (Wildman–Crippen MR) is 86.4 cm³/mol. The highest BCUT2D eigenvalue weighted by molar-refractivity contribution is 7.91. The Balaban J connectivity index is 1.56. The van der Waals surface area contributed by atoms with Crippen molar-refractivity contribution in [2.45, 2.75) is 57.0 Å². The van der Waals surface area contributed by atoms with E-state index in [1.807, 2.05) is 11.9 Å². The van der Waals surface area contributed by atoms with Crippen LogP contribution in [0.25, 0.3) is 0 Å². The van der Waals surface area contributed by atoms with Crippen molar-refractivity contribution in [3.63, 3.8) is 0 Å². The summed E-state index contributed by atoms with van der Waals surface area (Å²) in [5.41, 5.74) is 0. The number of nitrogens with zero attached hydrogens (tertiary/aromatic N) is 2. The predicted octanol–water partition coefficient (Wildman–Crippen LogP) is 1.29. The average molecular weight is 328 g/mol. The number of likely N-dealkylation sites (N-methyl/N-ethyl adjacent to an activating group) is 1. The number of likely N-dealkylation sites (tertiary alicyclic amines) is 1. The molecule has 0 spiro atoms. The summed E-state index contributed by atoms with van der Waals surface area (Å²) in [6.45, 7) is 1.25. The molecule has 0 aromatic rings. The van der Waals surface area contributed by atoms with E-state index in [4.69, 9.17) is 0 Å². The minimum atomic E-state index is -2.89. The highest BCUT2D eigenvalue weighted by Crippen LogP contribution is 2.35. The topological polar surface area (TPSA) is 57.7 Å². The lowest BCUT2D eigenvalue weighted by atomic mass is 9.96. The standard InChI is InChI=1S/C16H28N2O3S/c1-17(14-8-10-22(20,21)12-14)11-16(19)18-9-4-7-15(18)13-5-2-3-6-13/h13-15H,2-12H2,1H3. The summed E-state index contributed by atoms with van der Waals surface area (Å²) in [6.07, 6.45) is 8.09. The van der Waals surface area contributed by atoms with E-state index >= 15 is 0 Å². The van der Waals surface area contributed by atoms with Crippen LogP contribution >= 0.6 is 0 Å².